The van der Waals surface area contributed by atoms with Gasteiger partial charge < -0.3 is 9.05 Å². The summed E-state index contributed by atoms with van der Waals surface area (Å²) >= 11 is 0. The maximum atomic E-state index is 6.20. The molecule has 0 aliphatic heterocycles. The first-order valence-electron chi connectivity index (χ1n) is 9.11. The quantitative estimate of drug-likeness (QED) is 0.509. The molecule has 0 unspecified atom stereocenters. The maximum Gasteiger partial charge on any atom is 0.463 e. The monoisotopic (exact) mass is 374 g/mol. The number of hydrogen-bond acceptors (Lipinski definition) is 3. The molecule has 26 heavy (non-hydrogen) atoms. The summed E-state index contributed by atoms with van der Waals surface area (Å²) in [6, 6.07) is 16.2. The van der Waals surface area contributed by atoms with Crippen molar-refractivity contribution in [3.63, 3.8) is 0 Å². The van der Waals surface area contributed by atoms with Crippen LogP contribution in [0.5, 0.6) is 11.5 Å². The zero-order valence-electron chi connectivity index (χ0n) is 17.0. The SMILES string of the molecule is CCOP(Oc1ccccc1C(C)(C)C)Oc1ccccc1C(C)(C)C. The van der Waals surface area contributed by atoms with Gasteiger partial charge in [-0.1, -0.05) is 77.9 Å². The maximum absolute atomic E-state index is 6.20. The molecule has 142 valence electrons. The Labute approximate surface area is 159 Å². The molecular formula is C22H31O3P. The van der Waals surface area contributed by atoms with Crippen LogP contribution in [0.4, 0.5) is 0 Å². The predicted molar refractivity (Wildman–Crippen MR) is 110 cm³/mol. The molecule has 0 heterocycles. The van der Waals surface area contributed by atoms with Gasteiger partial charge in [0, 0.05) is 11.1 Å². The van der Waals surface area contributed by atoms with E-state index in [9.17, 15) is 0 Å². The second-order valence-corrected chi connectivity index (χ2v) is 9.39. The molecule has 4 heteroatoms. The van der Waals surface area contributed by atoms with Crippen LogP contribution in [0.2, 0.25) is 0 Å². The normalized spacial score (nSPS) is 12.3. The van der Waals surface area contributed by atoms with E-state index in [4.69, 9.17) is 13.6 Å². The summed E-state index contributed by atoms with van der Waals surface area (Å²) in [6.07, 6.45) is 0. The Morgan fingerprint density at radius 3 is 1.42 bits per heavy atom. The summed E-state index contributed by atoms with van der Waals surface area (Å²) in [7, 11) is -1.54. The van der Waals surface area contributed by atoms with Crippen LogP contribution in [0.1, 0.15) is 59.6 Å². The van der Waals surface area contributed by atoms with Gasteiger partial charge in [0.05, 0.1) is 6.61 Å². The Bertz CT molecular complexity index is 654. The van der Waals surface area contributed by atoms with Gasteiger partial charge in [-0.2, -0.15) is 0 Å². The fraction of sp³-hybridized carbons (Fsp3) is 0.455. The van der Waals surface area contributed by atoms with Crippen LogP contribution in [-0.4, -0.2) is 6.61 Å². The van der Waals surface area contributed by atoms with Crippen molar-refractivity contribution in [1.29, 1.82) is 0 Å². The van der Waals surface area contributed by atoms with Crippen molar-refractivity contribution in [2.75, 3.05) is 6.61 Å². The van der Waals surface area contributed by atoms with E-state index < -0.39 is 8.60 Å². The summed E-state index contributed by atoms with van der Waals surface area (Å²) in [5, 5.41) is 0. The molecule has 0 amide bonds. The summed E-state index contributed by atoms with van der Waals surface area (Å²) in [5.41, 5.74) is 2.24. The van der Waals surface area contributed by atoms with Gasteiger partial charge in [0.2, 0.25) is 0 Å². The summed E-state index contributed by atoms with van der Waals surface area (Å²) < 4.78 is 18.2. The third-order valence-corrected chi connectivity index (χ3v) is 5.13. The number of rotatable bonds is 6. The Kier molecular flexibility index (Phi) is 6.71. The van der Waals surface area contributed by atoms with Gasteiger partial charge in [-0.05, 0) is 29.9 Å². The van der Waals surface area contributed by atoms with Crippen molar-refractivity contribution in [2.24, 2.45) is 0 Å². The zero-order valence-corrected chi connectivity index (χ0v) is 17.9. The topological polar surface area (TPSA) is 27.7 Å². The van der Waals surface area contributed by atoms with Crippen LogP contribution in [0.25, 0.3) is 0 Å². The van der Waals surface area contributed by atoms with Crippen molar-refractivity contribution in [1.82, 2.24) is 0 Å². The summed E-state index contributed by atoms with van der Waals surface area (Å²) in [5.74, 6) is 1.63. The molecule has 0 spiro atoms. The molecule has 0 aliphatic carbocycles. The first kappa shape index (κ1) is 20.7. The molecule has 0 aromatic heterocycles. The molecule has 0 saturated heterocycles. The molecule has 2 aromatic carbocycles. The lowest BCUT2D eigenvalue weighted by Crippen LogP contribution is -2.14. The molecule has 2 aromatic rings. The number of para-hydroxylation sites is 2. The third kappa shape index (κ3) is 5.46. The molecule has 3 nitrogen and oxygen atoms in total. The van der Waals surface area contributed by atoms with Crippen molar-refractivity contribution >= 4 is 8.60 Å². The highest BCUT2D eigenvalue weighted by Gasteiger charge is 2.26. The number of benzene rings is 2. The average Bonchev–Trinajstić information content (AvgIpc) is 2.54. The zero-order chi connectivity index (χ0) is 19.4. The van der Waals surface area contributed by atoms with Crippen LogP contribution in [0, 0.1) is 0 Å². The summed E-state index contributed by atoms with van der Waals surface area (Å²) in [4.78, 5) is 0. The fourth-order valence-electron chi connectivity index (χ4n) is 2.67. The van der Waals surface area contributed by atoms with Gasteiger partial charge >= 0.3 is 8.60 Å². The molecular weight excluding hydrogens is 343 g/mol. The number of hydrogen-bond donors (Lipinski definition) is 0. The van der Waals surface area contributed by atoms with Gasteiger partial charge in [-0.25, -0.2) is 0 Å². The van der Waals surface area contributed by atoms with Crippen LogP contribution >= 0.6 is 8.60 Å². The largest absolute Gasteiger partial charge is 0.463 e. The highest BCUT2D eigenvalue weighted by molar-refractivity contribution is 7.42. The first-order chi connectivity index (χ1) is 12.1. The van der Waals surface area contributed by atoms with E-state index in [0.717, 1.165) is 22.6 Å². The molecule has 2 rings (SSSR count). The average molecular weight is 374 g/mol. The van der Waals surface area contributed by atoms with Gasteiger partial charge in [-0.15, -0.1) is 0 Å². The lowest BCUT2D eigenvalue weighted by molar-refractivity contribution is 0.277. The highest BCUT2D eigenvalue weighted by atomic mass is 31.2. The van der Waals surface area contributed by atoms with E-state index in [0.29, 0.717) is 6.61 Å². The van der Waals surface area contributed by atoms with Crippen LogP contribution in [0.15, 0.2) is 48.5 Å². The fourth-order valence-corrected chi connectivity index (χ4v) is 3.66. The molecule has 0 aliphatic rings. The van der Waals surface area contributed by atoms with E-state index in [2.05, 4.69) is 53.7 Å². The molecule has 0 bridgehead atoms. The standard InChI is InChI=1S/C22H31O3P/c1-8-23-26(24-19-15-11-9-13-17(19)21(2,3)4)25-20-16-12-10-14-18(20)22(5,6)7/h9-16H,8H2,1-7H3. The Hall–Kier alpha value is -1.57. The lowest BCUT2D eigenvalue weighted by atomic mass is 9.86. The second-order valence-electron chi connectivity index (χ2n) is 8.32. The second kappa shape index (κ2) is 8.41. The minimum Gasteiger partial charge on any atom is -0.417 e. The first-order valence-corrected chi connectivity index (χ1v) is 10.2. The molecule has 0 fully saturated rings. The van der Waals surface area contributed by atoms with Crippen molar-refractivity contribution in [3.05, 3.63) is 59.7 Å². The van der Waals surface area contributed by atoms with E-state index in [1.165, 1.54) is 0 Å². The predicted octanol–water partition coefficient (Wildman–Crippen LogP) is 7.00. The summed E-state index contributed by atoms with van der Waals surface area (Å²) in [6.45, 7) is 15.5. The minimum absolute atomic E-state index is 0.0207. The van der Waals surface area contributed by atoms with Crippen LogP contribution in [-0.2, 0) is 15.4 Å². The Morgan fingerprint density at radius 2 is 1.08 bits per heavy atom. The molecule has 0 saturated carbocycles. The van der Waals surface area contributed by atoms with Gasteiger partial charge in [0.15, 0.2) is 0 Å². The smallest absolute Gasteiger partial charge is 0.417 e. The molecule has 0 radical (unpaired) electrons. The Morgan fingerprint density at radius 1 is 0.692 bits per heavy atom. The highest BCUT2D eigenvalue weighted by Crippen LogP contribution is 2.46. The van der Waals surface area contributed by atoms with Crippen LogP contribution in [0.3, 0.4) is 0 Å². The van der Waals surface area contributed by atoms with Crippen molar-refractivity contribution in [3.8, 4) is 11.5 Å². The van der Waals surface area contributed by atoms with E-state index in [1.807, 2.05) is 43.3 Å². The minimum atomic E-state index is -1.54. The van der Waals surface area contributed by atoms with E-state index in [-0.39, 0.29) is 10.8 Å². The van der Waals surface area contributed by atoms with Gasteiger partial charge in [0.25, 0.3) is 0 Å². The van der Waals surface area contributed by atoms with Crippen molar-refractivity contribution in [2.45, 2.75) is 59.3 Å². The Balaban J connectivity index is 2.30. The van der Waals surface area contributed by atoms with Crippen molar-refractivity contribution < 1.29 is 13.6 Å². The van der Waals surface area contributed by atoms with Crippen LogP contribution < -0.4 is 9.05 Å². The van der Waals surface area contributed by atoms with E-state index in [1.54, 1.807) is 0 Å². The molecule has 0 N–H and O–H groups in total. The van der Waals surface area contributed by atoms with Gasteiger partial charge in [-0.3, -0.25) is 4.52 Å². The van der Waals surface area contributed by atoms with E-state index >= 15 is 0 Å². The van der Waals surface area contributed by atoms with Gasteiger partial charge in [0.1, 0.15) is 11.5 Å². The molecule has 0 atom stereocenters. The third-order valence-electron chi connectivity index (χ3n) is 3.97. The lowest BCUT2D eigenvalue weighted by Gasteiger charge is -2.26.